The van der Waals surface area contributed by atoms with Gasteiger partial charge in [-0.1, -0.05) is 30.4 Å². The number of rotatable bonds is 4. The van der Waals surface area contributed by atoms with Crippen LogP contribution < -0.4 is 5.32 Å². The molecule has 2 atom stereocenters. The Morgan fingerprint density at radius 3 is 2.71 bits per heavy atom. The number of amides is 2. The van der Waals surface area contributed by atoms with E-state index in [9.17, 15) is 19.5 Å². The summed E-state index contributed by atoms with van der Waals surface area (Å²) in [5.74, 6) is -2.14. The molecular weight excluding hydrogens is 412 g/mol. The van der Waals surface area contributed by atoms with Gasteiger partial charge in [0.2, 0.25) is 11.8 Å². The van der Waals surface area contributed by atoms with Crippen molar-refractivity contribution in [2.75, 3.05) is 13.6 Å². The second-order valence-corrected chi connectivity index (χ2v) is 9.03. The van der Waals surface area contributed by atoms with Crippen molar-refractivity contribution in [2.45, 2.75) is 51.0 Å². The van der Waals surface area contributed by atoms with E-state index in [1.807, 2.05) is 29.6 Å². The molecular formula is C24H30N2O4S. The first-order valence-electron chi connectivity index (χ1n) is 10.8. The number of allylic oxidation sites excluding steroid dienone is 2. The first-order valence-corrected chi connectivity index (χ1v) is 11.7. The lowest BCUT2D eigenvalue weighted by atomic mass is 9.95. The van der Waals surface area contributed by atoms with E-state index in [0.717, 1.165) is 41.3 Å². The number of hydrogen-bond donors (Lipinski definition) is 2. The first-order chi connectivity index (χ1) is 15.0. The van der Waals surface area contributed by atoms with E-state index >= 15 is 0 Å². The predicted molar refractivity (Wildman–Crippen MR) is 123 cm³/mol. The van der Waals surface area contributed by atoms with Crippen molar-refractivity contribution in [3.8, 4) is 0 Å². The summed E-state index contributed by atoms with van der Waals surface area (Å²) in [5.41, 5.74) is 1.02. The predicted octanol–water partition coefficient (Wildman–Crippen LogP) is 4.00. The van der Waals surface area contributed by atoms with Crippen molar-refractivity contribution in [2.24, 2.45) is 5.92 Å². The maximum Gasteiger partial charge on any atom is 0.304 e. The van der Waals surface area contributed by atoms with Crippen molar-refractivity contribution in [3.63, 3.8) is 0 Å². The molecule has 1 aliphatic heterocycles. The average Bonchev–Trinajstić information content (AvgIpc) is 3.15. The fourth-order valence-electron chi connectivity index (χ4n) is 3.98. The van der Waals surface area contributed by atoms with Crippen LogP contribution in [0.5, 0.6) is 0 Å². The quantitative estimate of drug-likeness (QED) is 0.701. The second kappa shape index (κ2) is 11.1. The maximum atomic E-state index is 13.2. The molecule has 0 saturated carbocycles. The highest BCUT2D eigenvalue weighted by molar-refractivity contribution is 7.17. The molecule has 2 heterocycles. The monoisotopic (exact) mass is 442 g/mol. The molecule has 2 unspecified atom stereocenters. The fraction of sp³-hybridized carbons (Fsp3) is 0.458. The van der Waals surface area contributed by atoms with Gasteiger partial charge in [0.05, 0.1) is 6.42 Å². The molecule has 7 heteroatoms. The van der Waals surface area contributed by atoms with E-state index in [1.54, 1.807) is 23.3 Å². The van der Waals surface area contributed by atoms with Crippen molar-refractivity contribution < 1.29 is 19.5 Å². The van der Waals surface area contributed by atoms with Gasteiger partial charge in [-0.25, -0.2) is 0 Å². The largest absolute Gasteiger partial charge is 0.481 e. The molecule has 31 heavy (non-hydrogen) atoms. The maximum absolute atomic E-state index is 13.2. The third kappa shape index (κ3) is 6.40. The minimum absolute atomic E-state index is 0.140. The summed E-state index contributed by atoms with van der Waals surface area (Å²) < 4.78 is 1.14. The summed E-state index contributed by atoms with van der Waals surface area (Å²) in [6, 6.07) is 7.30. The highest BCUT2D eigenvalue weighted by atomic mass is 32.1. The number of carbonyl (C=O) groups is 3. The number of likely N-dealkylation sites (N-methyl/N-ethyl adjacent to an activating group) is 1. The number of carboxylic acids is 1. The van der Waals surface area contributed by atoms with Crippen LogP contribution in [0.25, 0.3) is 10.1 Å². The molecule has 2 aromatic rings. The van der Waals surface area contributed by atoms with Crippen molar-refractivity contribution >= 4 is 39.2 Å². The molecule has 0 bridgehead atoms. The van der Waals surface area contributed by atoms with Crippen molar-refractivity contribution in [3.05, 3.63) is 47.4 Å². The van der Waals surface area contributed by atoms with Crippen LogP contribution in [0, 0.1) is 5.92 Å². The van der Waals surface area contributed by atoms with Gasteiger partial charge in [0, 0.05) is 30.6 Å². The van der Waals surface area contributed by atoms with Gasteiger partial charge < -0.3 is 15.3 Å². The Bertz CT molecular complexity index is 952. The highest BCUT2D eigenvalue weighted by Crippen LogP contribution is 2.27. The standard InChI is InChI=1S/C24H30N2O4S/c1-26-13-9-5-3-2-4-6-10-17(15-22(27)28)23(29)25-20(24(26)30)14-18-16-31-21-12-8-7-11-19(18)21/h2-3,7-8,11-12,16-17,20H,4-6,9-10,13-15H2,1H3,(H,25,29)(H,27,28). The molecule has 1 aromatic carbocycles. The van der Waals surface area contributed by atoms with Gasteiger partial charge in [0.25, 0.3) is 0 Å². The van der Waals surface area contributed by atoms with Crippen LogP contribution in [0.4, 0.5) is 0 Å². The van der Waals surface area contributed by atoms with Gasteiger partial charge in [-0.15, -0.1) is 11.3 Å². The summed E-state index contributed by atoms with van der Waals surface area (Å²) >= 11 is 1.62. The van der Waals surface area contributed by atoms with Crippen LogP contribution in [0.1, 0.15) is 44.1 Å². The Kier molecular flexibility index (Phi) is 8.23. The molecule has 1 aliphatic rings. The minimum atomic E-state index is -0.999. The number of nitrogens with one attached hydrogen (secondary N) is 1. The Hall–Kier alpha value is -2.67. The molecule has 0 aliphatic carbocycles. The van der Waals surface area contributed by atoms with Crippen LogP contribution in [-0.2, 0) is 20.8 Å². The Balaban J connectivity index is 1.86. The number of carbonyl (C=O) groups excluding carboxylic acids is 2. The second-order valence-electron chi connectivity index (χ2n) is 8.12. The van der Waals surface area contributed by atoms with Gasteiger partial charge in [-0.05, 0) is 54.5 Å². The average molecular weight is 443 g/mol. The normalized spacial score (nSPS) is 21.6. The van der Waals surface area contributed by atoms with Crippen LogP contribution >= 0.6 is 11.3 Å². The van der Waals surface area contributed by atoms with E-state index < -0.39 is 17.9 Å². The van der Waals surface area contributed by atoms with Crippen LogP contribution in [0.2, 0.25) is 0 Å². The molecule has 0 radical (unpaired) electrons. The van der Waals surface area contributed by atoms with Crippen LogP contribution in [0.15, 0.2) is 41.8 Å². The van der Waals surface area contributed by atoms with Crippen molar-refractivity contribution in [1.29, 1.82) is 0 Å². The highest BCUT2D eigenvalue weighted by Gasteiger charge is 2.29. The molecule has 0 fully saturated rings. The Labute approximate surface area is 186 Å². The summed E-state index contributed by atoms with van der Waals surface area (Å²) in [6.07, 6.45) is 8.15. The number of aliphatic carboxylic acids is 1. The molecule has 2 amide bonds. The SMILES string of the molecule is CN1CCCC=CCCCC(CC(=O)O)C(=O)NC(Cc2csc3ccccc23)C1=O. The van der Waals surface area contributed by atoms with Crippen LogP contribution in [0.3, 0.4) is 0 Å². The molecule has 0 saturated heterocycles. The third-order valence-corrected chi connectivity index (χ3v) is 6.73. The third-order valence-electron chi connectivity index (χ3n) is 5.72. The van der Waals surface area contributed by atoms with Crippen molar-refractivity contribution in [1.82, 2.24) is 10.2 Å². The smallest absolute Gasteiger partial charge is 0.304 e. The lowest BCUT2D eigenvalue weighted by Crippen LogP contribution is -2.50. The number of benzene rings is 1. The minimum Gasteiger partial charge on any atom is -0.481 e. The lowest BCUT2D eigenvalue weighted by molar-refractivity contribution is -0.142. The molecule has 2 N–H and O–H groups in total. The number of carboxylic acid groups (broad SMARTS) is 1. The summed E-state index contributed by atoms with van der Waals surface area (Å²) in [7, 11) is 1.76. The van der Waals surface area contributed by atoms with Gasteiger partial charge in [-0.2, -0.15) is 0 Å². The fourth-order valence-corrected chi connectivity index (χ4v) is 4.95. The molecule has 1 aromatic heterocycles. The zero-order valence-corrected chi connectivity index (χ0v) is 18.7. The topological polar surface area (TPSA) is 86.7 Å². The number of thiophene rings is 1. The molecule has 3 rings (SSSR count). The molecule has 0 spiro atoms. The van der Waals surface area contributed by atoms with Gasteiger partial charge >= 0.3 is 5.97 Å². The van der Waals surface area contributed by atoms with E-state index in [-0.39, 0.29) is 18.2 Å². The summed E-state index contributed by atoms with van der Waals surface area (Å²) in [4.78, 5) is 39.2. The number of nitrogens with zero attached hydrogens (tertiary/aromatic N) is 1. The van der Waals surface area contributed by atoms with E-state index in [4.69, 9.17) is 0 Å². The van der Waals surface area contributed by atoms with Gasteiger partial charge in [-0.3, -0.25) is 14.4 Å². The van der Waals surface area contributed by atoms with E-state index in [2.05, 4.69) is 17.5 Å². The zero-order chi connectivity index (χ0) is 22.2. The van der Waals surface area contributed by atoms with Crippen LogP contribution in [-0.4, -0.2) is 47.4 Å². The number of hydrogen-bond acceptors (Lipinski definition) is 4. The Morgan fingerprint density at radius 2 is 1.94 bits per heavy atom. The zero-order valence-electron chi connectivity index (χ0n) is 17.9. The van der Waals surface area contributed by atoms with E-state index in [0.29, 0.717) is 19.4 Å². The molecule has 6 nitrogen and oxygen atoms in total. The Morgan fingerprint density at radius 1 is 1.19 bits per heavy atom. The summed E-state index contributed by atoms with van der Waals surface area (Å²) in [6.45, 7) is 0.610. The summed E-state index contributed by atoms with van der Waals surface area (Å²) in [5, 5.41) is 15.3. The van der Waals surface area contributed by atoms with Gasteiger partial charge in [0.1, 0.15) is 6.04 Å². The first kappa shape index (κ1) is 23.0. The van der Waals surface area contributed by atoms with Gasteiger partial charge in [0.15, 0.2) is 0 Å². The van der Waals surface area contributed by atoms with E-state index in [1.165, 1.54) is 0 Å². The lowest BCUT2D eigenvalue weighted by Gasteiger charge is -2.26. The molecule has 166 valence electrons. The number of fused-ring (bicyclic) bond motifs is 1.